The van der Waals surface area contributed by atoms with Gasteiger partial charge in [0.1, 0.15) is 11.5 Å². The average molecular weight is 435 g/mol. The second-order valence-electron chi connectivity index (χ2n) is 6.46. The summed E-state index contributed by atoms with van der Waals surface area (Å²) in [5.74, 6) is 0.710. The minimum absolute atomic E-state index is 0.100. The first-order valence-electron chi connectivity index (χ1n) is 9.25. The quantitative estimate of drug-likeness (QED) is 0.350. The van der Waals surface area contributed by atoms with Gasteiger partial charge in [-0.2, -0.15) is 18.4 Å². The summed E-state index contributed by atoms with van der Waals surface area (Å²) < 4.78 is 40.6. The highest BCUT2D eigenvalue weighted by atomic mass is 32.2. The SMILES string of the molecule is COC(=O)CCC/C(=N\NS(=O)(=O)c1ccc(C)cc1)c1cc(OC)ccc1OC. The molecule has 9 heteroatoms. The van der Waals surface area contributed by atoms with Gasteiger partial charge in [0.05, 0.1) is 31.9 Å². The van der Waals surface area contributed by atoms with Crippen molar-refractivity contribution in [3.05, 3.63) is 53.6 Å². The summed E-state index contributed by atoms with van der Waals surface area (Å²) in [5.41, 5.74) is 1.92. The second-order valence-corrected chi connectivity index (χ2v) is 8.12. The van der Waals surface area contributed by atoms with Crippen LogP contribution >= 0.6 is 0 Å². The smallest absolute Gasteiger partial charge is 0.305 e. The van der Waals surface area contributed by atoms with E-state index in [2.05, 4.69) is 14.7 Å². The third-order valence-corrected chi connectivity index (χ3v) is 5.60. The molecule has 162 valence electrons. The number of sulfonamides is 1. The summed E-state index contributed by atoms with van der Waals surface area (Å²) in [6.07, 6.45) is 0.902. The maximum absolute atomic E-state index is 12.6. The Morgan fingerprint density at radius 3 is 2.30 bits per heavy atom. The number of hydrogen-bond donors (Lipinski definition) is 1. The number of methoxy groups -OCH3 is 3. The monoisotopic (exact) mass is 434 g/mol. The number of aryl methyl sites for hydroxylation is 1. The van der Waals surface area contributed by atoms with Crippen LogP contribution in [-0.4, -0.2) is 41.4 Å². The van der Waals surface area contributed by atoms with Crippen LogP contribution in [0.2, 0.25) is 0 Å². The molecule has 2 rings (SSSR count). The number of rotatable bonds is 10. The number of carbonyl (C=O) groups is 1. The lowest BCUT2D eigenvalue weighted by Gasteiger charge is -2.13. The van der Waals surface area contributed by atoms with Crippen molar-refractivity contribution in [2.75, 3.05) is 21.3 Å². The van der Waals surface area contributed by atoms with E-state index in [-0.39, 0.29) is 17.3 Å². The first-order chi connectivity index (χ1) is 14.3. The van der Waals surface area contributed by atoms with Gasteiger partial charge in [-0.1, -0.05) is 17.7 Å². The molecule has 0 aromatic heterocycles. The second kappa shape index (κ2) is 10.6. The lowest BCUT2D eigenvalue weighted by Crippen LogP contribution is -2.21. The van der Waals surface area contributed by atoms with Gasteiger partial charge in [-0.15, -0.1) is 0 Å². The lowest BCUT2D eigenvalue weighted by atomic mass is 10.0. The van der Waals surface area contributed by atoms with Crippen molar-refractivity contribution < 1.29 is 27.4 Å². The van der Waals surface area contributed by atoms with E-state index >= 15 is 0 Å². The van der Waals surface area contributed by atoms with Crippen LogP contribution < -0.4 is 14.3 Å². The number of carbonyl (C=O) groups excluding carboxylic acids is 1. The van der Waals surface area contributed by atoms with Crippen molar-refractivity contribution in [1.29, 1.82) is 0 Å². The highest BCUT2D eigenvalue weighted by Crippen LogP contribution is 2.26. The Kier molecular flexibility index (Phi) is 8.23. The molecule has 0 atom stereocenters. The van der Waals surface area contributed by atoms with Crippen LogP contribution in [0, 0.1) is 6.92 Å². The summed E-state index contributed by atoms with van der Waals surface area (Å²) in [7, 11) is 0.490. The number of benzene rings is 2. The number of ether oxygens (including phenoxy) is 3. The molecule has 30 heavy (non-hydrogen) atoms. The average Bonchev–Trinajstić information content (AvgIpc) is 2.75. The van der Waals surface area contributed by atoms with Crippen LogP contribution in [0.4, 0.5) is 0 Å². The zero-order chi connectivity index (χ0) is 22.1. The Balaban J connectivity index is 2.37. The fourth-order valence-corrected chi connectivity index (χ4v) is 3.51. The van der Waals surface area contributed by atoms with E-state index in [1.165, 1.54) is 33.5 Å². The molecular formula is C21H26N2O6S. The van der Waals surface area contributed by atoms with Gasteiger partial charge in [-0.05, 0) is 50.1 Å². The normalized spacial score (nSPS) is 11.7. The van der Waals surface area contributed by atoms with Crippen molar-refractivity contribution >= 4 is 21.7 Å². The molecule has 2 aromatic rings. The van der Waals surface area contributed by atoms with Gasteiger partial charge in [0.25, 0.3) is 10.0 Å². The highest BCUT2D eigenvalue weighted by molar-refractivity contribution is 7.89. The Labute approximate surface area is 176 Å². The molecule has 8 nitrogen and oxygen atoms in total. The third-order valence-electron chi connectivity index (χ3n) is 4.37. The minimum Gasteiger partial charge on any atom is -0.497 e. The van der Waals surface area contributed by atoms with Crippen molar-refractivity contribution in [3.63, 3.8) is 0 Å². The Morgan fingerprint density at radius 1 is 1.00 bits per heavy atom. The fraction of sp³-hybridized carbons (Fsp3) is 0.333. The standard InChI is InChI=1S/C21H26N2O6S/c1-15-8-11-17(12-9-15)30(25,26)23-22-19(6-5-7-21(24)29-4)18-14-16(27-2)10-13-20(18)28-3/h8-14,23H,5-7H2,1-4H3/b22-19+. The maximum atomic E-state index is 12.6. The lowest BCUT2D eigenvalue weighted by molar-refractivity contribution is -0.140. The van der Waals surface area contributed by atoms with Gasteiger partial charge in [0, 0.05) is 12.0 Å². The Bertz CT molecular complexity index is 1000. The first-order valence-corrected chi connectivity index (χ1v) is 10.7. The van der Waals surface area contributed by atoms with Gasteiger partial charge < -0.3 is 14.2 Å². The number of hydrogen-bond acceptors (Lipinski definition) is 7. The molecular weight excluding hydrogens is 408 g/mol. The molecule has 0 saturated heterocycles. The number of nitrogens with zero attached hydrogens (tertiary/aromatic N) is 1. The molecule has 0 aliphatic carbocycles. The molecule has 2 aromatic carbocycles. The van der Waals surface area contributed by atoms with Crippen LogP contribution in [0.5, 0.6) is 11.5 Å². The highest BCUT2D eigenvalue weighted by Gasteiger charge is 2.17. The predicted octanol–water partition coefficient (Wildman–Crippen LogP) is 3.04. The van der Waals surface area contributed by atoms with E-state index in [1.54, 1.807) is 30.3 Å². The van der Waals surface area contributed by atoms with Crippen molar-refractivity contribution in [2.24, 2.45) is 5.10 Å². The van der Waals surface area contributed by atoms with Crippen LogP contribution in [0.3, 0.4) is 0 Å². The third kappa shape index (κ3) is 6.21. The number of hydrazone groups is 1. The molecule has 0 bridgehead atoms. The Morgan fingerprint density at radius 2 is 1.70 bits per heavy atom. The van der Waals surface area contributed by atoms with E-state index in [0.717, 1.165) is 5.56 Å². The molecule has 1 N–H and O–H groups in total. The predicted molar refractivity (Wildman–Crippen MR) is 113 cm³/mol. The molecule has 0 heterocycles. The topological polar surface area (TPSA) is 103 Å². The number of nitrogens with one attached hydrogen (secondary N) is 1. The summed E-state index contributed by atoms with van der Waals surface area (Å²) in [4.78, 5) is 13.8. The molecule has 0 radical (unpaired) electrons. The van der Waals surface area contributed by atoms with E-state index in [4.69, 9.17) is 9.47 Å². The van der Waals surface area contributed by atoms with Crippen LogP contribution in [0.15, 0.2) is 52.5 Å². The molecule has 0 spiro atoms. The van der Waals surface area contributed by atoms with E-state index in [0.29, 0.717) is 35.6 Å². The summed E-state index contributed by atoms with van der Waals surface area (Å²) >= 11 is 0. The van der Waals surface area contributed by atoms with Gasteiger partial charge >= 0.3 is 5.97 Å². The van der Waals surface area contributed by atoms with Crippen molar-refractivity contribution in [1.82, 2.24) is 4.83 Å². The Hall–Kier alpha value is -3.07. The van der Waals surface area contributed by atoms with Gasteiger partial charge in [-0.25, -0.2) is 0 Å². The molecule has 0 fully saturated rings. The number of esters is 1. The van der Waals surface area contributed by atoms with E-state index in [1.807, 2.05) is 6.92 Å². The van der Waals surface area contributed by atoms with Gasteiger partial charge in [-0.3, -0.25) is 4.79 Å². The van der Waals surface area contributed by atoms with Gasteiger partial charge in [0.2, 0.25) is 0 Å². The summed E-state index contributed by atoms with van der Waals surface area (Å²) in [6, 6.07) is 11.6. The maximum Gasteiger partial charge on any atom is 0.305 e. The minimum atomic E-state index is -3.86. The zero-order valence-electron chi connectivity index (χ0n) is 17.5. The molecule has 0 aliphatic rings. The summed E-state index contributed by atoms with van der Waals surface area (Å²) in [5, 5.41) is 4.16. The van der Waals surface area contributed by atoms with E-state index in [9.17, 15) is 13.2 Å². The molecule has 0 unspecified atom stereocenters. The van der Waals surface area contributed by atoms with Crippen LogP contribution in [0.25, 0.3) is 0 Å². The molecule has 0 saturated carbocycles. The van der Waals surface area contributed by atoms with E-state index < -0.39 is 10.0 Å². The summed E-state index contributed by atoms with van der Waals surface area (Å²) in [6.45, 7) is 1.87. The van der Waals surface area contributed by atoms with Crippen molar-refractivity contribution in [2.45, 2.75) is 31.1 Å². The van der Waals surface area contributed by atoms with Crippen LogP contribution in [0.1, 0.15) is 30.4 Å². The zero-order valence-corrected chi connectivity index (χ0v) is 18.3. The molecule has 0 aliphatic heterocycles. The van der Waals surface area contributed by atoms with Crippen LogP contribution in [-0.2, 0) is 19.6 Å². The fourth-order valence-electron chi connectivity index (χ4n) is 2.68. The van der Waals surface area contributed by atoms with Gasteiger partial charge in [0.15, 0.2) is 0 Å². The largest absolute Gasteiger partial charge is 0.497 e. The van der Waals surface area contributed by atoms with Crippen molar-refractivity contribution in [3.8, 4) is 11.5 Å². The molecule has 0 amide bonds. The first kappa shape index (κ1) is 23.2.